The minimum atomic E-state index is -0.335. The van der Waals surface area contributed by atoms with Crippen LogP contribution in [-0.2, 0) is 24.0 Å². The van der Waals surface area contributed by atoms with E-state index in [1.165, 1.54) is 7.11 Å². The number of amides is 2. The van der Waals surface area contributed by atoms with Gasteiger partial charge in [0.2, 0.25) is 0 Å². The number of hydrogen-bond donors (Lipinski definition) is 0. The van der Waals surface area contributed by atoms with E-state index in [2.05, 4.69) is 4.74 Å². The zero-order valence-corrected chi connectivity index (χ0v) is 8.52. The van der Waals surface area contributed by atoms with Gasteiger partial charge in [-0.25, -0.2) is 0 Å². The van der Waals surface area contributed by atoms with Crippen molar-refractivity contribution in [2.75, 3.05) is 13.7 Å². The van der Waals surface area contributed by atoms with Crippen LogP contribution >= 0.6 is 0 Å². The van der Waals surface area contributed by atoms with Gasteiger partial charge in [-0.05, 0) is 6.42 Å². The number of esters is 1. The van der Waals surface area contributed by atoms with Crippen LogP contribution < -0.4 is 0 Å². The molecule has 1 aliphatic rings. The zero-order valence-electron chi connectivity index (χ0n) is 8.52. The lowest BCUT2D eigenvalue weighted by atomic mass is 10.3. The minimum absolute atomic E-state index is 0.159. The number of carbonyl (C=O) groups excluding carboxylic acids is 3. The van der Waals surface area contributed by atoms with Crippen molar-refractivity contribution < 1.29 is 24.0 Å². The van der Waals surface area contributed by atoms with E-state index in [1.54, 1.807) is 0 Å². The number of ether oxygens (including phenoxy) is 1. The molecule has 1 aliphatic heterocycles. The van der Waals surface area contributed by atoms with Gasteiger partial charge in [-0.3, -0.25) is 19.2 Å². The molecule has 0 saturated carbocycles. The van der Waals surface area contributed by atoms with Crippen molar-refractivity contribution in [3.8, 4) is 0 Å². The molecule has 2 amide bonds. The smallest absolute Gasteiger partial charge is 0.305 e. The number of hydroxylamine groups is 2. The molecular weight excluding hydrogens is 202 g/mol. The van der Waals surface area contributed by atoms with Gasteiger partial charge in [0, 0.05) is 19.3 Å². The summed E-state index contributed by atoms with van der Waals surface area (Å²) >= 11 is 0. The highest BCUT2D eigenvalue weighted by molar-refractivity contribution is 6.00. The SMILES string of the molecule is COC(=O)CCCON1C(=O)CCC1=O. The Balaban J connectivity index is 2.17. The molecule has 0 spiro atoms. The number of carbonyl (C=O) groups is 3. The first-order valence-electron chi connectivity index (χ1n) is 4.70. The molecule has 0 aromatic carbocycles. The molecule has 1 fully saturated rings. The predicted octanol–water partition coefficient (Wildman–Crippen LogP) is 0.0202. The lowest BCUT2D eigenvalue weighted by Crippen LogP contribution is -2.29. The second-order valence-electron chi connectivity index (χ2n) is 3.09. The molecule has 15 heavy (non-hydrogen) atoms. The van der Waals surface area contributed by atoms with Crippen molar-refractivity contribution in [2.24, 2.45) is 0 Å². The van der Waals surface area contributed by atoms with Crippen LogP contribution in [0.15, 0.2) is 0 Å². The highest BCUT2D eigenvalue weighted by Gasteiger charge is 2.29. The van der Waals surface area contributed by atoms with Crippen molar-refractivity contribution in [3.05, 3.63) is 0 Å². The van der Waals surface area contributed by atoms with Crippen LogP contribution in [0.1, 0.15) is 25.7 Å². The second kappa shape index (κ2) is 5.45. The van der Waals surface area contributed by atoms with Gasteiger partial charge in [-0.2, -0.15) is 5.06 Å². The van der Waals surface area contributed by atoms with Crippen LogP contribution in [0.4, 0.5) is 0 Å². The van der Waals surface area contributed by atoms with Crippen LogP contribution in [0.25, 0.3) is 0 Å². The Morgan fingerprint density at radius 2 is 1.93 bits per heavy atom. The number of hydrogen-bond acceptors (Lipinski definition) is 5. The Kier molecular flexibility index (Phi) is 4.23. The Labute approximate surface area is 87.1 Å². The second-order valence-corrected chi connectivity index (χ2v) is 3.09. The summed E-state index contributed by atoms with van der Waals surface area (Å²) < 4.78 is 4.42. The summed E-state index contributed by atoms with van der Waals surface area (Å²) in [6.07, 6.45) is 1.04. The average Bonchev–Trinajstić information content (AvgIpc) is 2.54. The molecule has 6 nitrogen and oxygen atoms in total. The molecule has 1 heterocycles. The quantitative estimate of drug-likeness (QED) is 0.367. The zero-order chi connectivity index (χ0) is 11.3. The molecular formula is C9H13NO5. The van der Waals surface area contributed by atoms with Crippen molar-refractivity contribution in [2.45, 2.75) is 25.7 Å². The maximum absolute atomic E-state index is 11.1. The third-order valence-corrected chi connectivity index (χ3v) is 1.98. The van der Waals surface area contributed by atoms with E-state index < -0.39 is 0 Å². The Hall–Kier alpha value is -1.43. The fourth-order valence-corrected chi connectivity index (χ4v) is 1.17. The summed E-state index contributed by atoms with van der Waals surface area (Å²) in [5.74, 6) is -0.978. The lowest BCUT2D eigenvalue weighted by molar-refractivity contribution is -0.187. The summed E-state index contributed by atoms with van der Waals surface area (Å²) in [4.78, 5) is 37.8. The number of nitrogens with zero attached hydrogens (tertiary/aromatic N) is 1. The molecule has 0 bridgehead atoms. The van der Waals surface area contributed by atoms with Gasteiger partial charge in [0.1, 0.15) is 0 Å². The lowest BCUT2D eigenvalue weighted by Gasteiger charge is -2.12. The number of imide groups is 1. The molecule has 1 saturated heterocycles. The monoisotopic (exact) mass is 215 g/mol. The molecule has 0 unspecified atom stereocenters. The van der Waals surface area contributed by atoms with Crippen molar-refractivity contribution in [1.29, 1.82) is 0 Å². The van der Waals surface area contributed by atoms with Crippen LogP contribution in [0.5, 0.6) is 0 Å². The normalized spacial score (nSPS) is 15.9. The predicted molar refractivity (Wildman–Crippen MR) is 48.3 cm³/mol. The molecule has 0 atom stereocenters. The van der Waals surface area contributed by atoms with E-state index in [4.69, 9.17) is 4.84 Å². The van der Waals surface area contributed by atoms with Gasteiger partial charge in [0.15, 0.2) is 0 Å². The van der Waals surface area contributed by atoms with Crippen LogP contribution in [0.3, 0.4) is 0 Å². The first-order valence-corrected chi connectivity index (χ1v) is 4.70. The van der Waals surface area contributed by atoms with E-state index in [9.17, 15) is 14.4 Å². The highest BCUT2D eigenvalue weighted by atomic mass is 16.7. The number of methoxy groups -OCH3 is 1. The molecule has 84 valence electrons. The van der Waals surface area contributed by atoms with E-state index in [0.29, 0.717) is 6.42 Å². The molecule has 0 aromatic rings. The van der Waals surface area contributed by atoms with E-state index >= 15 is 0 Å². The van der Waals surface area contributed by atoms with Crippen molar-refractivity contribution >= 4 is 17.8 Å². The fraction of sp³-hybridized carbons (Fsp3) is 0.667. The highest BCUT2D eigenvalue weighted by Crippen LogP contribution is 2.12. The number of rotatable bonds is 5. The Morgan fingerprint density at radius 1 is 1.33 bits per heavy atom. The van der Waals surface area contributed by atoms with Gasteiger partial charge < -0.3 is 4.74 Å². The minimum Gasteiger partial charge on any atom is -0.469 e. The van der Waals surface area contributed by atoms with Crippen LogP contribution in [0.2, 0.25) is 0 Å². The van der Waals surface area contributed by atoms with E-state index in [0.717, 1.165) is 5.06 Å². The van der Waals surface area contributed by atoms with Gasteiger partial charge in [-0.1, -0.05) is 0 Å². The third kappa shape index (κ3) is 3.32. The van der Waals surface area contributed by atoms with Crippen molar-refractivity contribution in [3.63, 3.8) is 0 Å². The molecule has 6 heteroatoms. The summed E-state index contributed by atoms with van der Waals surface area (Å²) in [6, 6.07) is 0. The standard InChI is InChI=1S/C9H13NO5/c1-14-9(13)3-2-6-15-10-7(11)4-5-8(10)12/h2-6H2,1H3. The average molecular weight is 215 g/mol. The maximum atomic E-state index is 11.1. The van der Waals surface area contributed by atoms with Gasteiger partial charge in [0.05, 0.1) is 13.7 Å². The largest absolute Gasteiger partial charge is 0.469 e. The maximum Gasteiger partial charge on any atom is 0.305 e. The third-order valence-electron chi connectivity index (χ3n) is 1.98. The molecule has 0 N–H and O–H groups in total. The van der Waals surface area contributed by atoms with E-state index in [1.807, 2.05) is 0 Å². The Bertz CT molecular complexity index is 260. The van der Waals surface area contributed by atoms with Crippen molar-refractivity contribution in [1.82, 2.24) is 5.06 Å². The molecule has 0 aliphatic carbocycles. The van der Waals surface area contributed by atoms with Gasteiger partial charge in [-0.15, -0.1) is 0 Å². The topological polar surface area (TPSA) is 72.9 Å². The summed E-state index contributed by atoms with van der Waals surface area (Å²) in [5.41, 5.74) is 0. The van der Waals surface area contributed by atoms with Gasteiger partial charge in [0.25, 0.3) is 11.8 Å². The van der Waals surface area contributed by atoms with Crippen LogP contribution in [0, 0.1) is 0 Å². The molecule has 0 radical (unpaired) electrons. The van der Waals surface area contributed by atoms with Crippen LogP contribution in [-0.4, -0.2) is 36.6 Å². The fourth-order valence-electron chi connectivity index (χ4n) is 1.17. The summed E-state index contributed by atoms with van der Waals surface area (Å²) in [7, 11) is 1.30. The first kappa shape index (κ1) is 11.6. The Morgan fingerprint density at radius 3 is 2.47 bits per heavy atom. The molecule has 1 rings (SSSR count). The van der Waals surface area contributed by atoms with Gasteiger partial charge >= 0.3 is 5.97 Å². The first-order chi connectivity index (χ1) is 7.15. The molecule has 0 aromatic heterocycles. The summed E-state index contributed by atoms with van der Waals surface area (Å²) in [5, 5.41) is 0.775. The summed E-state index contributed by atoms with van der Waals surface area (Å²) in [6.45, 7) is 0.159. The van der Waals surface area contributed by atoms with E-state index in [-0.39, 0.29) is 43.7 Å².